The predicted molar refractivity (Wildman–Crippen MR) is 203 cm³/mol. The summed E-state index contributed by atoms with van der Waals surface area (Å²) in [5.74, 6) is 0. The minimum absolute atomic E-state index is 0.536. The number of aromatic nitrogens is 2. The van der Waals surface area contributed by atoms with E-state index in [1.165, 1.54) is 10.8 Å². The molecule has 50 heavy (non-hydrogen) atoms. The topological polar surface area (TPSA) is 42.4 Å². The van der Waals surface area contributed by atoms with E-state index in [9.17, 15) is 5.26 Å². The summed E-state index contributed by atoms with van der Waals surface area (Å²) in [6.45, 7) is 15.9. The van der Waals surface area contributed by atoms with E-state index < -0.39 is 0 Å². The molecular formula is C45H25N5. The van der Waals surface area contributed by atoms with E-state index in [2.05, 4.69) is 110 Å². The Balaban J connectivity index is 1.25. The average molecular weight is 636 g/mol. The van der Waals surface area contributed by atoms with Gasteiger partial charge >= 0.3 is 0 Å². The van der Waals surface area contributed by atoms with Gasteiger partial charge in [0.15, 0.2) is 11.4 Å². The summed E-state index contributed by atoms with van der Waals surface area (Å²) in [7, 11) is 0. The molecule has 5 nitrogen and oxygen atoms in total. The lowest BCUT2D eigenvalue weighted by Gasteiger charge is -2.16. The van der Waals surface area contributed by atoms with Crippen LogP contribution in [0.15, 0.2) is 152 Å². The van der Waals surface area contributed by atoms with Crippen molar-refractivity contribution in [2.45, 2.75) is 0 Å². The third-order valence-electron chi connectivity index (χ3n) is 9.58. The van der Waals surface area contributed by atoms with Crippen LogP contribution in [0, 0.1) is 24.5 Å². The maximum absolute atomic E-state index is 9.67. The number of rotatable bonds is 4. The summed E-state index contributed by atoms with van der Waals surface area (Å²) in [4.78, 5) is 7.73. The van der Waals surface area contributed by atoms with Crippen molar-refractivity contribution >= 4 is 55.0 Å². The van der Waals surface area contributed by atoms with Crippen LogP contribution in [-0.4, -0.2) is 9.13 Å². The molecular weight excluding hydrogens is 611 g/mol. The summed E-state index contributed by atoms with van der Waals surface area (Å²) < 4.78 is 4.46. The summed E-state index contributed by atoms with van der Waals surface area (Å²) >= 11 is 0. The second-order valence-electron chi connectivity index (χ2n) is 12.3. The van der Waals surface area contributed by atoms with Gasteiger partial charge in [0.2, 0.25) is 0 Å². The highest BCUT2D eigenvalue weighted by atomic mass is 15.0. The zero-order chi connectivity index (χ0) is 33.8. The highest BCUT2D eigenvalue weighted by Crippen LogP contribution is 2.41. The quantitative estimate of drug-likeness (QED) is 0.177. The summed E-state index contributed by atoms with van der Waals surface area (Å²) in [5.41, 5.74) is 11.4. The summed E-state index contributed by atoms with van der Waals surface area (Å²) in [6.07, 6.45) is 0. The molecule has 0 amide bonds. The van der Waals surface area contributed by atoms with E-state index in [1.807, 2.05) is 66.7 Å². The van der Waals surface area contributed by atoms with Crippen LogP contribution in [-0.2, 0) is 0 Å². The number of nitriles is 1. The van der Waals surface area contributed by atoms with E-state index in [1.54, 1.807) is 0 Å². The molecule has 2 heterocycles. The normalized spacial score (nSPS) is 11.1. The zero-order valence-electron chi connectivity index (χ0n) is 26.7. The number of nitrogens with zero attached hydrogens (tertiary/aromatic N) is 5. The van der Waals surface area contributed by atoms with Crippen molar-refractivity contribution in [3.05, 3.63) is 180 Å². The van der Waals surface area contributed by atoms with Gasteiger partial charge in [-0.15, -0.1) is 0 Å². The van der Waals surface area contributed by atoms with Crippen molar-refractivity contribution in [2.75, 3.05) is 0 Å². The number of hydrogen-bond acceptors (Lipinski definition) is 1. The van der Waals surface area contributed by atoms with Gasteiger partial charge in [-0.3, -0.25) is 0 Å². The van der Waals surface area contributed by atoms with Crippen molar-refractivity contribution in [3.8, 4) is 39.7 Å². The SMILES string of the molecule is [C-]#[N+]c1ccc(-c2cccc(-c3cc(-n4c5ccccc5c5ccccc54)ccc3[N+]#[C-])c2)c(-n2c3ccccc3c3cc(C#N)ccc32)c1. The zero-order valence-corrected chi connectivity index (χ0v) is 26.7. The molecule has 5 heteroatoms. The number of fused-ring (bicyclic) bond motifs is 6. The van der Waals surface area contributed by atoms with E-state index in [-0.39, 0.29) is 0 Å². The molecule has 0 radical (unpaired) electrons. The largest absolute Gasteiger partial charge is 0.310 e. The van der Waals surface area contributed by atoms with E-state index in [4.69, 9.17) is 13.1 Å². The van der Waals surface area contributed by atoms with Gasteiger partial charge in [0.25, 0.3) is 0 Å². The first kappa shape index (κ1) is 28.8. The molecule has 7 aromatic carbocycles. The lowest BCUT2D eigenvalue weighted by Crippen LogP contribution is -1.97. The van der Waals surface area contributed by atoms with Gasteiger partial charge < -0.3 is 9.13 Å². The van der Waals surface area contributed by atoms with Crippen molar-refractivity contribution in [3.63, 3.8) is 0 Å². The van der Waals surface area contributed by atoms with Crippen LogP contribution in [0.4, 0.5) is 11.4 Å². The van der Waals surface area contributed by atoms with Gasteiger partial charge in [0, 0.05) is 38.5 Å². The lowest BCUT2D eigenvalue weighted by molar-refractivity contribution is 1.18. The molecule has 0 aliphatic heterocycles. The van der Waals surface area contributed by atoms with Gasteiger partial charge in [-0.2, -0.15) is 5.26 Å². The second-order valence-corrected chi connectivity index (χ2v) is 12.3. The summed E-state index contributed by atoms with van der Waals surface area (Å²) in [6, 6.07) is 53.2. The minimum atomic E-state index is 0.536. The Morgan fingerprint density at radius 2 is 1.10 bits per heavy atom. The fraction of sp³-hybridized carbons (Fsp3) is 0. The molecule has 0 aliphatic rings. The number of hydrogen-bond donors (Lipinski definition) is 0. The predicted octanol–water partition coefficient (Wildman–Crippen LogP) is 12.2. The second kappa shape index (κ2) is 11.4. The molecule has 0 fully saturated rings. The first-order chi connectivity index (χ1) is 24.7. The Kier molecular flexibility index (Phi) is 6.56. The highest BCUT2D eigenvalue weighted by molar-refractivity contribution is 6.11. The van der Waals surface area contributed by atoms with Crippen molar-refractivity contribution < 1.29 is 0 Å². The molecule has 2 aromatic heterocycles. The summed E-state index contributed by atoms with van der Waals surface area (Å²) in [5, 5.41) is 14.1. The molecule has 0 saturated heterocycles. The van der Waals surface area contributed by atoms with Gasteiger partial charge in [-0.25, -0.2) is 9.69 Å². The van der Waals surface area contributed by atoms with E-state index in [0.717, 1.165) is 66.5 Å². The number of para-hydroxylation sites is 3. The van der Waals surface area contributed by atoms with E-state index >= 15 is 0 Å². The number of benzene rings is 7. The van der Waals surface area contributed by atoms with Crippen molar-refractivity contribution in [2.24, 2.45) is 0 Å². The Hall–Kier alpha value is -7.39. The van der Waals surface area contributed by atoms with Crippen molar-refractivity contribution in [1.82, 2.24) is 9.13 Å². The van der Waals surface area contributed by atoms with Crippen LogP contribution in [0.2, 0.25) is 0 Å². The Bertz CT molecular complexity index is 2920. The van der Waals surface area contributed by atoms with E-state index in [0.29, 0.717) is 16.9 Å². The van der Waals surface area contributed by atoms with Gasteiger partial charge in [-0.1, -0.05) is 91.0 Å². The van der Waals surface area contributed by atoms with Gasteiger partial charge in [-0.05, 0) is 77.4 Å². The molecule has 0 spiro atoms. The monoisotopic (exact) mass is 635 g/mol. The van der Waals surface area contributed by atoms with Crippen LogP contribution >= 0.6 is 0 Å². The Morgan fingerprint density at radius 1 is 0.480 bits per heavy atom. The Labute approximate surface area is 288 Å². The molecule has 230 valence electrons. The molecule has 0 saturated carbocycles. The van der Waals surface area contributed by atoms with Crippen LogP contribution in [0.5, 0.6) is 0 Å². The third-order valence-corrected chi connectivity index (χ3v) is 9.58. The fourth-order valence-corrected chi connectivity index (χ4v) is 7.37. The van der Waals surface area contributed by atoms with Crippen LogP contribution in [0.1, 0.15) is 5.56 Å². The average Bonchev–Trinajstić information content (AvgIpc) is 3.70. The molecule has 0 atom stereocenters. The maximum atomic E-state index is 9.67. The first-order valence-corrected chi connectivity index (χ1v) is 16.2. The molecule has 0 bridgehead atoms. The molecule has 0 unspecified atom stereocenters. The standard InChI is InChI=1S/C45H25N5/c1-47-32-19-21-34(45(26-32)50-43-17-8-5-14-37(43)39-24-29(28-46)18-23-44(39)50)30-10-9-11-31(25-30)38-27-33(20-22-40(38)48-2)49-41-15-6-3-12-35(41)36-13-4-7-16-42(36)49/h3-27H. The fourth-order valence-electron chi connectivity index (χ4n) is 7.37. The molecule has 9 rings (SSSR count). The first-order valence-electron chi connectivity index (χ1n) is 16.2. The van der Waals surface area contributed by atoms with Crippen LogP contribution < -0.4 is 0 Å². The molecule has 0 aliphatic carbocycles. The van der Waals surface area contributed by atoms with Crippen LogP contribution in [0.25, 0.3) is 86.9 Å². The molecule has 0 N–H and O–H groups in total. The van der Waals surface area contributed by atoms with Gasteiger partial charge in [0.1, 0.15) is 0 Å². The minimum Gasteiger partial charge on any atom is -0.310 e. The van der Waals surface area contributed by atoms with Crippen molar-refractivity contribution in [1.29, 1.82) is 5.26 Å². The van der Waals surface area contributed by atoms with Gasteiger partial charge in [0.05, 0.1) is 46.8 Å². The highest BCUT2D eigenvalue weighted by Gasteiger charge is 2.18. The van der Waals surface area contributed by atoms with Crippen LogP contribution in [0.3, 0.4) is 0 Å². The lowest BCUT2D eigenvalue weighted by atomic mass is 9.96. The maximum Gasteiger partial charge on any atom is 0.195 e. The Morgan fingerprint density at radius 3 is 1.76 bits per heavy atom. The smallest absolute Gasteiger partial charge is 0.195 e. The molecule has 9 aromatic rings. The third kappa shape index (κ3) is 4.38.